The van der Waals surface area contributed by atoms with E-state index in [4.69, 9.17) is 27.9 Å². The monoisotopic (exact) mass is 598 g/mol. The van der Waals surface area contributed by atoms with Crippen LogP contribution in [0.15, 0.2) is 54.6 Å². The number of ether oxygens (including phenoxy) is 1. The molecule has 0 radical (unpaired) electrons. The summed E-state index contributed by atoms with van der Waals surface area (Å²) in [4.78, 5) is 20.3. The molecule has 40 heavy (non-hydrogen) atoms. The van der Waals surface area contributed by atoms with Crippen molar-refractivity contribution in [3.05, 3.63) is 81.3 Å². The minimum Gasteiger partial charge on any atom is -0.363 e. The minimum atomic E-state index is -0.180. The summed E-state index contributed by atoms with van der Waals surface area (Å²) in [5.41, 5.74) is 1.85. The topological polar surface area (TPSA) is 80.0 Å². The molecule has 0 aromatic heterocycles. The molecular formula is C30H32Cl2N4O3S. The van der Waals surface area contributed by atoms with E-state index in [1.807, 2.05) is 55.6 Å². The number of likely N-dealkylation sites (N-methyl/N-ethyl adjacent to an activating group) is 1. The highest BCUT2D eigenvalue weighted by atomic mass is 35.5. The number of likely N-dealkylation sites (tertiary alicyclic amines) is 1. The Kier molecular flexibility index (Phi) is 9.54. The fraction of sp³-hybridized carbons (Fsp3) is 0.400. The lowest BCUT2D eigenvalue weighted by Gasteiger charge is -2.48. The zero-order valence-electron chi connectivity index (χ0n) is 22.3. The first kappa shape index (κ1) is 29.2. The van der Waals surface area contributed by atoms with Crippen LogP contribution >= 0.6 is 35.2 Å². The summed E-state index contributed by atoms with van der Waals surface area (Å²) in [6.45, 7) is 5.59. The van der Waals surface area contributed by atoms with Crippen molar-refractivity contribution < 1.29 is 14.1 Å². The van der Waals surface area contributed by atoms with Crippen LogP contribution in [-0.2, 0) is 4.74 Å². The van der Waals surface area contributed by atoms with Crippen molar-refractivity contribution in [3.8, 4) is 6.07 Å². The van der Waals surface area contributed by atoms with Gasteiger partial charge in [0.1, 0.15) is 5.44 Å². The van der Waals surface area contributed by atoms with Crippen LogP contribution in [0, 0.1) is 11.3 Å². The molecule has 0 bridgehead atoms. The van der Waals surface area contributed by atoms with E-state index in [0.29, 0.717) is 40.4 Å². The van der Waals surface area contributed by atoms with E-state index < -0.39 is 0 Å². The molecule has 2 heterocycles. The van der Waals surface area contributed by atoms with E-state index >= 15 is 0 Å². The highest BCUT2D eigenvalue weighted by Gasteiger charge is 2.35. The molecule has 3 aromatic carbocycles. The molecule has 2 saturated heterocycles. The summed E-state index contributed by atoms with van der Waals surface area (Å²) >= 11 is 13.4. The van der Waals surface area contributed by atoms with Gasteiger partial charge in [0.25, 0.3) is 5.91 Å². The normalized spacial score (nSPS) is 19.2. The van der Waals surface area contributed by atoms with E-state index in [1.54, 1.807) is 11.0 Å². The molecule has 210 valence electrons. The van der Waals surface area contributed by atoms with Gasteiger partial charge in [0.05, 0.1) is 28.3 Å². The fourth-order valence-electron chi connectivity index (χ4n) is 5.63. The van der Waals surface area contributed by atoms with E-state index in [2.05, 4.69) is 15.9 Å². The third-order valence-corrected chi connectivity index (χ3v) is 9.17. The minimum absolute atomic E-state index is 0.0479. The second kappa shape index (κ2) is 13.1. The Balaban J connectivity index is 1.28. The summed E-state index contributed by atoms with van der Waals surface area (Å²) < 4.78 is 14.9. The molecule has 2 atom stereocenters. The zero-order chi connectivity index (χ0) is 28.2. The molecule has 1 unspecified atom stereocenters. The molecule has 2 aliphatic rings. The Labute approximate surface area is 249 Å². The van der Waals surface area contributed by atoms with Gasteiger partial charge in [-0.2, -0.15) is 5.26 Å². The van der Waals surface area contributed by atoms with E-state index in [-0.39, 0.29) is 17.3 Å². The van der Waals surface area contributed by atoms with Gasteiger partial charge < -0.3 is 19.1 Å². The van der Waals surface area contributed by atoms with Gasteiger partial charge in [-0.05, 0) is 53.6 Å². The molecule has 0 spiro atoms. The predicted octanol–water partition coefficient (Wildman–Crippen LogP) is 5.81. The van der Waals surface area contributed by atoms with Crippen molar-refractivity contribution in [1.29, 1.82) is 5.26 Å². The Bertz CT molecular complexity index is 1410. The number of hydrogen-bond donors (Lipinski definition) is 1. The summed E-state index contributed by atoms with van der Waals surface area (Å²) in [5, 5.41) is 12.2. The molecule has 0 saturated carbocycles. The van der Waals surface area contributed by atoms with Gasteiger partial charge >= 0.3 is 0 Å². The molecule has 7 nitrogen and oxygen atoms in total. The molecule has 1 amide bonds. The average molecular weight is 600 g/mol. The van der Waals surface area contributed by atoms with Crippen molar-refractivity contribution in [1.82, 2.24) is 14.7 Å². The second-order valence-corrected chi connectivity index (χ2v) is 12.1. The number of halogens is 2. The lowest BCUT2D eigenvalue weighted by atomic mass is 9.93. The Hall–Kier alpha value is -2.35. The summed E-state index contributed by atoms with van der Waals surface area (Å²) in [6, 6.07) is 19.5. The Morgan fingerprint density at radius 1 is 1.18 bits per heavy atom. The number of nitrogens with zero attached hydrogens (tertiary/aromatic N) is 4. The molecule has 0 aliphatic carbocycles. The van der Waals surface area contributed by atoms with Crippen LogP contribution in [0.2, 0.25) is 10.0 Å². The van der Waals surface area contributed by atoms with Crippen LogP contribution in [0.3, 0.4) is 0 Å². The molecule has 1 N–H and O–H groups in total. The third kappa shape index (κ3) is 6.58. The Morgan fingerprint density at radius 2 is 1.98 bits per heavy atom. The third-order valence-electron chi connectivity index (χ3n) is 7.91. The van der Waals surface area contributed by atoms with Crippen LogP contribution < -0.4 is 0 Å². The number of amides is 1. The van der Waals surface area contributed by atoms with Crippen molar-refractivity contribution in [3.63, 3.8) is 0 Å². The fourth-order valence-corrected chi connectivity index (χ4v) is 6.35. The van der Waals surface area contributed by atoms with E-state index in [1.165, 1.54) is 0 Å². The summed E-state index contributed by atoms with van der Waals surface area (Å²) in [5.74, 6) is -0.0715. The molecule has 5 rings (SSSR count). The SMILES string of the molecule is CN(C[C@@H](CCN1CC(N2CCOC(SO)C2)C1)c1ccc(Cl)c(Cl)c1)C(=O)c1cc(C#N)cc2ccccc12. The van der Waals surface area contributed by atoms with Gasteiger partial charge in [-0.1, -0.05) is 53.5 Å². The van der Waals surface area contributed by atoms with Gasteiger partial charge in [-0.3, -0.25) is 9.69 Å². The first-order valence-electron chi connectivity index (χ1n) is 13.4. The maximum absolute atomic E-state index is 13.7. The molecule has 2 fully saturated rings. The number of carbonyl (C=O) groups excluding carboxylic acids is 1. The number of benzene rings is 3. The van der Waals surface area contributed by atoms with Gasteiger partial charge in [0.15, 0.2) is 0 Å². The van der Waals surface area contributed by atoms with Crippen LogP contribution in [-0.4, -0.2) is 89.6 Å². The lowest BCUT2D eigenvalue weighted by molar-refractivity contribution is -0.0447. The number of fused-ring (bicyclic) bond motifs is 1. The van der Waals surface area contributed by atoms with Crippen molar-refractivity contribution >= 4 is 51.9 Å². The number of carbonyl (C=O) groups is 1. The van der Waals surface area contributed by atoms with Crippen LogP contribution in [0.25, 0.3) is 10.8 Å². The van der Waals surface area contributed by atoms with Gasteiger partial charge in [-0.25, -0.2) is 0 Å². The van der Waals surface area contributed by atoms with Crippen LogP contribution in [0.5, 0.6) is 0 Å². The van der Waals surface area contributed by atoms with E-state index in [0.717, 1.165) is 67.5 Å². The highest BCUT2D eigenvalue weighted by molar-refractivity contribution is 7.94. The largest absolute Gasteiger partial charge is 0.363 e. The Morgan fingerprint density at radius 3 is 2.73 bits per heavy atom. The summed E-state index contributed by atoms with van der Waals surface area (Å²) in [6.07, 6.45) is 0.847. The van der Waals surface area contributed by atoms with Crippen LogP contribution in [0.1, 0.15) is 33.8 Å². The van der Waals surface area contributed by atoms with Crippen molar-refractivity contribution in [2.75, 3.05) is 52.9 Å². The number of nitriles is 1. The second-order valence-electron chi connectivity index (χ2n) is 10.5. The molecule has 3 aromatic rings. The first-order valence-corrected chi connectivity index (χ1v) is 15.0. The average Bonchev–Trinajstić information content (AvgIpc) is 2.96. The maximum atomic E-state index is 13.7. The van der Waals surface area contributed by atoms with Gasteiger partial charge in [0, 0.05) is 69.3 Å². The van der Waals surface area contributed by atoms with Crippen LogP contribution in [0.4, 0.5) is 0 Å². The van der Waals surface area contributed by atoms with Gasteiger partial charge in [-0.15, -0.1) is 0 Å². The smallest absolute Gasteiger partial charge is 0.254 e. The number of hydrogen-bond acceptors (Lipinski definition) is 7. The summed E-state index contributed by atoms with van der Waals surface area (Å²) in [7, 11) is 1.81. The molecule has 10 heteroatoms. The highest BCUT2D eigenvalue weighted by Crippen LogP contribution is 2.31. The standard InChI is InChI=1S/C30H32Cl2N4O3S/c1-34(30(37)26-13-20(15-33)12-22-4-2-3-5-25(22)26)16-23(21-6-7-27(31)28(32)14-21)8-9-35-17-24(18-35)36-10-11-39-29(19-36)40-38/h2-7,12-14,23-24,29,38H,8-11,16-19H2,1H3/t23-,29?/m1/s1. The predicted molar refractivity (Wildman–Crippen MR) is 161 cm³/mol. The van der Waals surface area contributed by atoms with Crippen molar-refractivity contribution in [2.45, 2.75) is 23.8 Å². The lowest BCUT2D eigenvalue weighted by Crippen LogP contribution is -2.62. The van der Waals surface area contributed by atoms with Gasteiger partial charge in [0.2, 0.25) is 0 Å². The van der Waals surface area contributed by atoms with Crippen molar-refractivity contribution in [2.24, 2.45) is 0 Å². The van der Waals surface area contributed by atoms with E-state index in [9.17, 15) is 14.6 Å². The number of morpholine rings is 1. The zero-order valence-corrected chi connectivity index (χ0v) is 24.6. The molecular weight excluding hydrogens is 567 g/mol. The molecule has 2 aliphatic heterocycles. The maximum Gasteiger partial charge on any atom is 0.254 e. The first-order chi connectivity index (χ1) is 19.4. The quantitative estimate of drug-likeness (QED) is 0.311. The number of rotatable bonds is 9.